The van der Waals surface area contributed by atoms with Crippen molar-refractivity contribution in [1.29, 1.82) is 0 Å². The number of para-hydroxylation sites is 1. The van der Waals surface area contributed by atoms with E-state index in [0.29, 0.717) is 0 Å². The molecule has 0 aromatic heterocycles. The Balaban J connectivity index is 3.33. The number of hydrogen-bond donors (Lipinski definition) is 1. The third kappa shape index (κ3) is 4.85. The first kappa shape index (κ1) is 31.8. The molecule has 36 heavy (non-hydrogen) atoms. The third-order valence-electron chi connectivity index (χ3n) is 4.46. The number of alkyl halides is 17. The summed E-state index contributed by atoms with van der Waals surface area (Å²) in [7, 11) is 0. The molecule has 1 atom stereocenters. The Morgan fingerprint density at radius 1 is 0.556 bits per heavy atom. The highest BCUT2D eigenvalue weighted by molar-refractivity contribution is 5.21. The molecule has 1 aromatic carbocycles. The van der Waals surface area contributed by atoms with E-state index in [1.165, 1.54) is 18.2 Å². The number of benzene rings is 1. The van der Waals surface area contributed by atoms with Gasteiger partial charge in [0.05, 0.1) is 6.10 Å². The highest BCUT2D eigenvalue weighted by Crippen LogP contribution is 2.64. The smallest absolute Gasteiger partial charge is 0.460 e. The molecule has 0 amide bonds. The van der Waals surface area contributed by atoms with E-state index < -0.39 is 66.8 Å². The number of aliphatic hydroxyl groups excluding tert-OH is 1. The second-order valence-corrected chi connectivity index (χ2v) is 7.13. The first-order valence-electron chi connectivity index (χ1n) is 8.79. The zero-order valence-electron chi connectivity index (χ0n) is 16.7. The molecule has 0 aliphatic heterocycles. The van der Waals surface area contributed by atoms with Crippen molar-refractivity contribution in [2.24, 2.45) is 0 Å². The van der Waals surface area contributed by atoms with Gasteiger partial charge in [0.2, 0.25) is 0 Å². The van der Waals surface area contributed by atoms with Crippen LogP contribution in [0.3, 0.4) is 0 Å². The maximum Gasteiger partial charge on any atom is 0.460 e. The highest BCUT2D eigenvalue weighted by Gasteiger charge is 2.95. The molecule has 1 N–H and O–H groups in total. The van der Waals surface area contributed by atoms with Gasteiger partial charge in [-0.1, -0.05) is 18.2 Å². The van der Waals surface area contributed by atoms with Crippen molar-refractivity contribution >= 4 is 0 Å². The van der Waals surface area contributed by atoms with Crippen LogP contribution in [-0.4, -0.2) is 65.5 Å². The molecule has 1 aromatic rings. The lowest BCUT2D eigenvalue weighted by Gasteiger charge is -2.43. The van der Waals surface area contributed by atoms with Gasteiger partial charge >= 0.3 is 47.6 Å². The summed E-state index contributed by atoms with van der Waals surface area (Å²) in [5.41, 5.74) is 0. The molecule has 0 radical (unpaired) electrons. The van der Waals surface area contributed by atoms with Gasteiger partial charge in [0.25, 0.3) is 0 Å². The molecule has 0 saturated heterocycles. The standard InChI is InChI=1S/C17H11F17O2/c18-10(19,6-8(35)7-36-9-4-2-1-3-5-9)11(20,21)12(22,23)13(24,25)14(26,27)15(28,29)16(30,31)17(32,33)34/h1-5,8,35H,6-7H2. The summed E-state index contributed by atoms with van der Waals surface area (Å²) in [5.74, 6) is -57.2. The van der Waals surface area contributed by atoms with Crippen LogP contribution in [0.1, 0.15) is 6.42 Å². The zero-order chi connectivity index (χ0) is 28.8. The van der Waals surface area contributed by atoms with Crippen molar-refractivity contribution in [2.45, 2.75) is 60.2 Å². The minimum Gasteiger partial charge on any atom is -0.491 e. The molecule has 210 valence electrons. The summed E-state index contributed by atoms with van der Waals surface area (Å²) in [4.78, 5) is 0. The molecular formula is C17H11F17O2. The van der Waals surface area contributed by atoms with Gasteiger partial charge in [-0.05, 0) is 12.1 Å². The molecular weight excluding hydrogens is 559 g/mol. The summed E-state index contributed by atoms with van der Waals surface area (Å²) in [6.45, 7) is -1.43. The van der Waals surface area contributed by atoms with Crippen molar-refractivity contribution in [3.63, 3.8) is 0 Å². The van der Waals surface area contributed by atoms with E-state index in [9.17, 15) is 79.7 Å². The van der Waals surface area contributed by atoms with Gasteiger partial charge in [0, 0.05) is 6.42 Å². The van der Waals surface area contributed by atoms with Crippen molar-refractivity contribution in [1.82, 2.24) is 0 Å². The largest absolute Gasteiger partial charge is 0.491 e. The van der Waals surface area contributed by atoms with Gasteiger partial charge in [-0.3, -0.25) is 0 Å². The summed E-state index contributed by atoms with van der Waals surface area (Å²) in [5, 5.41) is 9.30. The van der Waals surface area contributed by atoms with Gasteiger partial charge in [0.1, 0.15) is 12.4 Å². The predicted molar refractivity (Wildman–Crippen MR) is 83.2 cm³/mol. The van der Waals surface area contributed by atoms with Crippen LogP contribution in [0.5, 0.6) is 5.75 Å². The second kappa shape index (κ2) is 9.27. The fraction of sp³-hybridized carbons (Fsp3) is 0.647. The third-order valence-corrected chi connectivity index (χ3v) is 4.46. The molecule has 0 aliphatic rings. The summed E-state index contributed by atoms with van der Waals surface area (Å²) < 4.78 is 228. The molecule has 0 heterocycles. The summed E-state index contributed by atoms with van der Waals surface area (Å²) in [6.07, 6.45) is -13.7. The Hall–Kier alpha value is -2.21. The normalized spacial score (nSPS) is 16.2. The minimum absolute atomic E-state index is 0.240. The van der Waals surface area contributed by atoms with E-state index in [1.54, 1.807) is 0 Å². The maximum absolute atomic E-state index is 13.8. The lowest BCUT2D eigenvalue weighted by atomic mass is 9.88. The van der Waals surface area contributed by atoms with Crippen molar-refractivity contribution in [2.75, 3.05) is 6.61 Å². The number of ether oxygens (including phenoxy) is 1. The molecule has 0 spiro atoms. The first-order valence-corrected chi connectivity index (χ1v) is 8.79. The Labute approximate surface area is 188 Å². The topological polar surface area (TPSA) is 29.5 Å². The molecule has 0 saturated carbocycles. The van der Waals surface area contributed by atoms with Crippen LogP contribution in [0, 0.1) is 0 Å². The van der Waals surface area contributed by atoms with E-state index in [0.717, 1.165) is 12.1 Å². The van der Waals surface area contributed by atoms with E-state index in [1.807, 2.05) is 0 Å². The van der Waals surface area contributed by atoms with E-state index in [-0.39, 0.29) is 5.75 Å². The fourth-order valence-corrected chi connectivity index (χ4v) is 2.39. The quantitative estimate of drug-likeness (QED) is 0.296. The average Bonchev–Trinajstić information content (AvgIpc) is 2.71. The van der Waals surface area contributed by atoms with Gasteiger partial charge in [-0.25, -0.2) is 0 Å². The van der Waals surface area contributed by atoms with Crippen LogP contribution in [0.25, 0.3) is 0 Å². The average molecular weight is 570 g/mol. The number of rotatable bonds is 11. The Kier molecular flexibility index (Phi) is 8.19. The van der Waals surface area contributed by atoms with Crippen molar-refractivity contribution < 1.29 is 84.5 Å². The Morgan fingerprint density at radius 2 is 0.917 bits per heavy atom. The summed E-state index contributed by atoms with van der Waals surface area (Å²) in [6, 6.07) is 6.07. The fourth-order valence-electron chi connectivity index (χ4n) is 2.39. The number of aliphatic hydroxyl groups is 1. The van der Waals surface area contributed by atoms with E-state index in [2.05, 4.69) is 4.74 Å². The molecule has 0 fully saturated rings. The molecule has 0 bridgehead atoms. The summed E-state index contributed by atoms with van der Waals surface area (Å²) >= 11 is 0. The van der Waals surface area contributed by atoms with Crippen molar-refractivity contribution in [3.8, 4) is 5.75 Å². The molecule has 19 heteroatoms. The first-order chi connectivity index (χ1) is 15.7. The highest BCUT2D eigenvalue weighted by atomic mass is 19.4. The van der Waals surface area contributed by atoms with Crippen LogP contribution >= 0.6 is 0 Å². The van der Waals surface area contributed by atoms with Gasteiger partial charge in [-0.2, -0.15) is 74.6 Å². The van der Waals surface area contributed by atoms with Gasteiger partial charge < -0.3 is 9.84 Å². The van der Waals surface area contributed by atoms with Crippen LogP contribution in [0.2, 0.25) is 0 Å². The Bertz CT molecular complexity index is 879. The van der Waals surface area contributed by atoms with Gasteiger partial charge in [0.15, 0.2) is 0 Å². The second-order valence-electron chi connectivity index (χ2n) is 7.13. The Morgan fingerprint density at radius 3 is 1.31 bits per heavy atom. The zero-order valence-corrected chi connectivity index (χ0v) is 16.7. The number of hydrogen-bond acceptors (Lipinski definition) is 2. The molecule has 1 rings (SSSR count). The van der Waals surface area contributed by atoms with Gasteiger partial charge in [-0.15, -0.1) is 0 Å². The monoisotopic (exact) mass is 570 g/mol. The van der Waals surface area contributed by atoms with Crippen LogP contribution in [-0.2, 0) is 0 Å². The van der Waals surface area contributed by atoms with Crippen molar-refractivity contribution in [3.05, 3.63) is 30.3 Å². The van der Waals surface area contributed by atoms with E-state index >= 15 is 0 Å². The molecule has 2 nitrogen and oxygen atoms in total. The predicted octanol–water partition coefficient (Wildman–Crippen LogP) is 6.83. The molecule has 1 unspecified atom stereocenters. The van der Waals surface area contributed by atoms with Crippen LogP contribution in [0.4, 0.5) is 74.6 Å². The van der Waals surface area contributed by atoms with Crippen LogP contribution in [0.15, 0.2) is 30.3 Å². The van der Waals surface area contributed by atoms with E-state index in [4.69, 9.17) is 0 Å². The SMILES string of the molecule is OC(COc1ccccc1)CC(F)(F)C(F)(F)C(F)(F)C(F)(F)C(F)(F)C(F)(F)C(F)(F)C(F)(F)F. The minimum atomic E-state index is -8.68. The number of halogens is 17. The lowest BCUT2D eigenvalue weighted by Crippen LogP contribution is -2.74. The molecule has 0 aliphatic carbocycles. The van der Waals surface area contributed by atoms with Crippen LogP contribution < -0.4 is 4.74 Å². The lowest BCUT2D eigenvalue weighted by molar-refractivity contribution is -0.462. The maximum atomic E-state index is 13.8.